The molecule has 0 saturated carbocycles. The molecule has 0 aromatic carbocycles. The van der Waals surface area contributed by atoms with Crippen LogP contribution in [0.15, 0.2) is 0 Å². The first-order chi connectivity index (χ1) is 6.68. The zero-order valence-electron chi connectivity index (χ0n) is 10.9. The summed E-state index contributed by atoms with van der Waals surface area (Å²) in [7, 11) is 2.49. The Labute approximate surface area is 92.3 Å². The predicted molar refractivity (Wildman–Crippen MR) is 69.8 cm³/mol. The quantitative estimate of drug-likeness (QED) is 0.380. The topological polar surface area (TPSA) is 0 Å². The Bertz CT molecular complexity index is 114. The molecular weight excluding hydrogens is 167 g/mol. The van der Waals surface area contributed by atoms with E-state index in [2.05, 4.69) is 28.6 Å². The second-order valence-corrected chi connectivity index (χ2v) is 5.12. The lowest BCUT2D eigenvalue weighted by molar-refractivity contribution is 0.414. The standard InChI is InChI=1S/C13H29B/c1-4-7-8-9-12-13(14,10-5-2)11-6-3/h4-12,14H2,1-3H3. The van der Waals surface area contributed by atoms with Crippen molar-refractivity contribution in [2.45, 2.75) is 83.9 Å². The van der Waals surface area contributed by atoms with Gasteiger partial charge >= 0.3 is 0 Å². The van der Waals surface area contributed by atoms with Gasteiger partial charge in [0.25, 0.3) is 0 Å². The zero-order chi connectivity index (χ0) is 10.9. The fraction of sp³-hybridized carbons (Fsp3) is 1.00. The molecule has 0 amide bonds. The molecule has 14 heavy (non-hydrogen) atoms. The van der Waals surface area contributed by atoms with E-state index >= 15 is 0 Å². The van der Waals surface area contributed by atoms with E-state index in [4.69, 9.17) is 0 Å². The Morgan fingerprint density at radius 1 is 0.714 bits per heavy atom. The van der Waals surface area contributed by atoms with Crippen LogP contribution >= 0.6 is 0 Å². The van der Waals surface area contributed by atoms with E-state index in [0.29, 0.717) is 5.31 Å². The van der Waals surface area contributed by atoms with Gasteiger partial charge in [-0.2, -0.15) is 0 Å². The number of rotatable bonds is 9. The lowest BCUT2D eigenvalue weighted by Crippen LogP contribution is -2.12. The zero-order valence-corrected chi connectivity index (χ0v) is 10.9. The van der Waals surface area contributed by atoms with Crippen LogP contribution in [0.1, 0.15) is 78.6 Å². The number of unbranched alkanes of at least 4 members (excludes halogenated alkanes) is 3. The van der Waals surface area contributed by atoms with Crippen LogP contribution in [0, 0.1) is 0 Å². The third-order valence-corrected chi connectivity index (χ3v) is 3.34. The molecule has 1 heteroatoms. The summed E-state index contributed by atoms with van der Waals surface area (Å²) in [5.74, 6) is 0. The first kappa shape index (κ1) is 14.1. The molecule has 0 aliphatic carbocycles. The van der Waals surface area contributed by atoms with Crippen molar-refractivity contribution < 1.29 is 0 Å². The number of hydrogen-bond acceptors (Lipinski definition) is 0. The molecule has 0 rings (SSSR count). The van der Waals surface area contributed by atoms with Crippen molar-refractivity contribution in [1.82, 2.24) is 0 Å². The van der Waals surface area contributed by atoms with Crippen LogP contribution < -0.4 is 0 Å². The summed E-state index contributed by atoms with van der Waals surface area (Å²) in [6.45, 7) is 6.93. The lowest BCUT2D eigenvalue weighted by Gasteiger charge is -2.29. The molecule has 0 spiro atoms. The van der Waals surface area contributed by atoms with E-state index in [-0.39, 0.29) is 0 Å². The molecule has 0 nitrogen and oxygen atoms in total. The Hall–Kier alpha value is 0.0649. The van der Waals surface area contributed by atoms with Crippen LogP contribution in [-0.2, 0) is 0 Å². The van der Waals surface area contributed by atoms with Crippen molar-refractivity contribution in [3.63, 3.8) is 0 Å². The minimum atomic E-state index is 0.650. The molecule has 84 valence electrons. The maximum Gasteiger partial charge on any atom is 0.109 e. The molecule has 0 heterocycles. The summed E-state index contributed by atoms with van der Waals surface area (Å²) in [5.41, 5.74) is 0. The van der Waals surface area contributed by atoms with Crippen LogP contribution in [0.3, 0.4) is 0 Å². The molecule has 0 aromatic heterocycles. The van der Waals surface area contributed by atoms with Gasteiger partial charge in [0.15, 0.2) is 0 Å². The van der Waals surface area contributed by atoms with Crippen molar-refractivity contribution in [2.24, 2.45) is 0 Å². The molecule has 0 saturated heterocycles. The van der Waals surface area contributed by atoms with E-state index < -0.39 is 0 Å². The molecule has 0 fully saturated rings. The first-order valence-corrected chi connectivity index (χ1v) is 6.68. The molecule has 0 atom stereocenters. The van der Waals surface area contributed by atoms with Crippen LogP contribution in [0.2, 0.25) is 5.31 Å². The van der Waals surface area contributed by atoms with Gasteiger partial charge in [-0.3, -0.25) is 0 Å². The van der Waals surface area contributed by atoms with Gasteiger partial charge in [0.05, 0.1) is 0 Å². The van der Waals surface area contributed by atoms with Gasteiger partial charge in [-0.15, -0.1) is 0 Å². The predicted octanol–water partition coefficient (Wildman–Crippen LogP) is 4.35. The smallest absolute Gasteiger partial charge is 0.0654 e. The Kier molecular flexibility index (Phi) is 8.42. The maximum atomic E-state index is 2.49. The minimum absolute atomic E-state index is 0.650. The first-order valence-electron chi connectivity index (χ1n) is 6.68. The van der Waals surface area contributed by atoms with E-state index in [0.717, 1.165) is 0 Å². The summed E-state index contributed by atoms with van der Waals surface area (Å²) in [6.07, 6.45) is 12.7. The van der Waals surface area contributed by atoms with Gasteiger partial charge in [0, 0.05) is 0 Å². The van der Waals surface area contributed by atoms with E-state index in [1.54, 1.807) is 0 Å². The third kappa shape index (κ3) is 6.51. The Morgan fingerprint density at radius 2 is 1.29 bits per heavy atom. The second-order valence-electron chi connectivity index (χ2n) is 5.12. The summed E-state index contributed by atoms with van der Waals surface area (Å²) >= 11 is 0. The molecule has 0 aromatic rings. The molecule has 0 bridgehead atoms. The van der Waals surface area contributed by atoms with Crippen molar-refractivity contribution >= 4 is 7.85 Å². The van der Waals surface area contributed by atoms with E-state index in [1.165, 1.54) is 57.8 Å². The SMILES string of the molecule is BC(CCC)(CCC)CCCCCC. The average Bonchev–Trinajstić information content (AvgIpc) is 2.13. The molecule has 0 N–H and O–H groups in total. The largest absolute Gasteiger partial charge is 0.109 e. The van der Waals surface area contributed by atoms with Gasteiger partial charge in [-0.1, -0.05) is 83.9 Å². The van der Waals surface area contributed by atoms with Crippen LogP contribution in [0.5, 0.6) is 0 Å². The van der Waals surface area contributed by atoms with Crippen LogP contribution in [0.4, 0.5) is 0 Å². The van der Waals surface area contributed by atoms with Gasteiger partial charge in [0.2, 0.25) is 0 Å². The molecular formula is C13H29B. The fourth-order valence-electron chi connectivity index (χ4n) is 2.56. The molecule has 0 aliphatic heterocycles. The van der Waals surface area contributed by atoms with Crippen molar-refractivity contribution in [3.8, 4) is 0 Å². The van der Waals surface area contributed by atoms with Crippen molar-refractivity contribution in [2.75, 3.05) is 0 Å². The van der Waals surface area contributed by atoms with E-state index in [9.17, 15) is 0 Å². The van der Waals surface area contributed by atoms with Gasteiger partial charge < -0.3 is 0 Å². The third-order valence-electron chi connectivity index (χ3n) is 3.34. The number of hydrogen-bond donors (Lipinski definition) is 0. The second kappa shape index (κ2) is 8.38. The fourth-order valence-corrected chi connectivity index (χ4v) is 2.56. The normalized spacial score (nSPS) is 11.9. The monoisotopic (exact) mass is 196 g/mol. The summed E-state index contributed by atoms with van der Waals surface area (Å²) < 4.78 is 0. The average molecular weight is 196 g/mol. The molecule has 0 unspecified atom stereocenters. The van der Waals surface area contributed by atoms with Gasteiger partial charge in [0.1, 0.15) is 7.85 Å². The van der Waals surface area contributed by atoms with Gasteiger partial charge in [-0.05, 0) is 0 Å². The van der Waals surface area contributed by atoms with Crippen molar-refractivity contribution in [1.29, 1.82) is 0 Å². The van der Waals surface area contributed by atoms with Crippen LogP contribution in [-0.4, -0.2) is 7.85 Å². The van der Waals surface area contributed by atoms with Gasteiger partial charge in [-0.25, -0.2) is 0 Å². The Morgan fingerprint density at radius 3 is 1.71 bits per heavy atom. The highest BCUT2D eigenvalue weighted by atomic mass is 14.2. The highest BCUT2D eigenvalue weighted by Gasteiger charge is 2.21. The Balaban J connectivity index is 3.71. The minimum Gasteiger partial charge on any atom is -0.0654 e. The highest BCUT2D eigenvalue weighted by Crippen LogP contribution is 2.39. The van der Waals surface area contributed by atoms with Crippen LogP contribution in [0.25, 0.3) is 0 Å². The summed E-state index contributed by atoms with van der Waals surface area (Å²) in [6, 6.07) is 0. The summed E-state index contributed by atoms with van der Waals surface area (Å²) in [5, 5.41) is 0.650. The van der Waals surface area contributed by atoms with Crippen molar-refractivity contribution in [3.05, 3.63) is 0 Å². The molecule has 0 radical (unpaired) electrons. The molecule has 0 aliphatic rings. The highest BCUT2D eigenvalue weighted by molar-refractivity contribution is 6.15. The van der Waals surface area contributed by atoms with E-state index in [1.807, 2.05) is 0 Å². The lowest BCUT2D eigenvalue weighted by atomic mass is 9.60. The summed E-state index contributed by atoms with van der Waals surface area (Å²) in [4.78, 5) is 0. The maximum absolute atomic E-state index is 2.49.